The molecule has 0 aliphatic heterocycles. The molecule has 4 aromatic carbocycles. The van der Waals surface area contributed by atoms with Crippen molar-refractivity contribution in [3.63, 3.8) is 0 Å². The third-order valence-corrected chi connectivity index (χ3v) is 5.54. The second-order valence-corrected chi connectivity index (χ2v) is 7.71. The fourth-order valence-electron chi connectivity index (χ4n) is 4.00. The molecule has 0 aliphatic rings. The third-order valence-electron chi connectivity index (χ3n) is 5.54. The largest absolute Gasteiger partial charge is 0.320 e. The minimum Gasteiger partial charge on any atom is -0.320 e. The fourth-order valence-corrected chi connectivity index (χ4v) is 4.00. The number of carbonyl (C=O) groups is 1. The van der Waals surface area contributed by atoms with Gasteiger partial charge in [0, 0.05) is 17.3 Å². The first kappa shape index (κ1) is 20.4. The first-order valence-electron chi connectivity index (χ1n) is 10.9. The maximum atomic E-state index is 12.9. The number of rotatable bonds is 5. The van der Waals surface area contributed by atoms with Crippen LogP contribution in [0.15, 0.2) is 121 Å². The van der Waals surface area contributed by atoms with E-state index in [9.17, 15) is 4.79 Å². The molecule has 1 aromatic heterocycles. The van der Waals surface area contributed by atoms with Crippen molar-refractivity contribution in [1.82, 2.24) is 4.98 Å². The molecule has 5 aromatic rings. The molecule has 0 fully saturated rings. The minimum absolute atomic E-state index is 0.230. The molecule has 3 heteroatoms. The van der Waals surface area contributed by atoms with Crippen LogP contribution in [0.1, 0.15) is 27.2 Å². The van der Waals surface area contributed by atoms with Gasteiger partial charge < -0.3 is 5.32 Å². The predicted octanol–water partition coefficient (Wildman–Crippen LogP) is 7.08. The fraction of sp³-hybridized carbons (Fsp3) is 0. The number of fused-ring (bicyclic) bond motifs is 1. The van der Waals surface area contributed by atoms with Gasteiger partial charge >= 0.3 is 0 Å². The highest BCUT2D eigenvalue weighted by Gasteiger charge is 2.15. The van der Waals surface area contributed by atoms with Gasteiger partial charge in [0.15, 0.2) is 0 Å². The number of nitrogens with zero attached hydrogens (tertiary/aromatic N) is 1. The van der Waals surface area contributed by atoms with Crippen LogP contribution < -0.4 is 5.32 Å². The Balaban J connectivity index is 1.69. The van der Waals surface area contributed by atoms with Crippen molar-refractivity contribution in [3.05, 3.63) is 144 Å². The summed E-state index contributed by atoms with van der Waals surface area (Å²) in [5, 5.41) is 5.14. The standard InChI is InChI=1S/C30H22N2O/c33-30(28-18-7-8-20-31-28)32-27-19-10-16-24-15-9-17-25(29(24)27)26(23-13-5-2-6-14-23)21-22-11-3-1-4-12-22/h1-21H,(H,32,33)/b26-21+. The summed E-state index contributed by atoms with van der Waals surface area (Å²) in [7, 11) is 0. The number of nitrogens with one attached hydrogen (secondary N) is 1. The van der Waals surface area contributed by atoms with E-state index < -0.39 is 0 Å². The van der Waals surface area contributed by atoms with E-state index in [0.29, 0.717) is 5.69 Å². The van der Waals surface area contributed by atoms with Crippen LogP contribution >= 0.6 is 0 Å². The second kappa shape index (κ2) is 9.33. The Morgan fingerprint density at radius 3 is 2.12 bits per heavy atom. The molecule has 1 amide bonds. The van der Waals surface area contributed by atoms with Crippen molar-refractivity contribution in [2.45, 2.75) is 0 Å². The maximum absolute atomic E-state index is 12.9. The van der Waals surface area contributed by atoms with Gasteiger partial charge in [0.05, 0.1) is 0 Å². The van der Waals surface area contributed by atoms with Crippen molar-refractivity contribution < 1.29 is 4.79 Å². The van der Waals surface area contributed by atoms with Crippen LogP contribution in [0, 0.1) is 0 Å². The number of anilines is 1. The Labute approximate surface area is 193 Å². The van der Waals surface area contributed by atoms with Gasteiger partial charge in [0.2, 0.25) is 0 Å². The molecule has 5 rings (SSSR count). The average molecular weight is 427 g/mol. The van der Waals surface area contributed by atoms with Crippen molar-refractivity contribution >= 4 is 34.0 Å². The Morgan fingerprint density at radius 1 is 0.697 bits per heavy atom. The quantitative estimate of drug-likeness (QED) is 0.305. The lowest BCUT2D eigenvalue weighted by atomic mass is 9.91. The van der Waals surface area contributed by atoms with Crippen LogP contribution in [-0.4, -0.2) is 10.9 Å². The Bertz CT molecular complexity index is 1420. The zero-order valence-electron chi connectivity index (χ0n) is 18.0. The minimum atomic E-state index is -0.230. The SMILES string of the molecule is O=C(Nc1cccc2cccc(/C(=C/c3ccccc3)c3ccccc3)c12)c1ccccn1. The van der Waals surface area contributed by atoms with Gasteiger partial charge in [-0.3, -0.25) is 9.78 Å². The summed E-state index contributed by atoms with van der Waals surface area (Å²) in [6, 6.07) is 38.2. The van der Waals surface area contributed by atoms with Crippen molar-refractivity contribution in [1.29, 1.82) is 0 Å². The molecule has 3 nitrogen and oxygen atoms in total. The zero-order chi connectivity index (χ0) is 22.5. The molecule has 0 saturated heterocycles. The lowest BCUT2D eigenvalue weighted by Crippen LogP contribution is -2.13. The van der Waals surface area contributed by atoms with Gasteiger partial charge in [0.25, 0.3) is 5.91 Å². The highest BCUT2D eigenvalue weighted by Crippen LogP contribution is 2.35. The molecule has 33 heavy (non-hydrogen) atoms. The zero-order valence-corrected chi connectivity index (χ0v) is 18.0. The van der Waals surface area contributed by atoms with Crippen LogP contribution in [-0.2, 0) is 0 Å². The van der Waals surface area contributed by atoms with E-state index in [-0.39, 0.29) is 5.91 Å². The Kier molecular flexibility index (Phi) is 5.77. The Hall–Kier alpha value is -4.50. The third kappa shape index (κ3) is 4.43. The molecule has 0 bridgehead atoms. The molecule has 158 valence electrons. The van der Waals surface area contributed by atoms with Crippen LogP contribution in [0.3, 0.4) is 0 Å². The number of hydrogen-bond donors (Lipinski definition) is 1. The maximum Gasteiger partial charge on any atom is 0.274 e. The lowest BCUT2D eigenvalue weighted by Gasteiger charge is -2.16. The summed E-state index contributed by atoms with van der Waals surface area (Å²) in [5.41, 5.74) is 5.51. The first-order valence-corrected chi connectivity index (χ1v) is 10.9. The summed E-state index contributed by atoms with van der Waals surface area (Å²) in [6.07, 6.45) is 3.82. The van der Waals surface area contributed by atoms with E-state index in [4.69, 9.17) is 0 Å². The van der Waals surface area contributed by atoms with E-state index >= 15 is 0 Å². The van der Waals surface area contributed by atoms with Crippen molar-refractivity contribution in [2.24, 2.45) is 0 Å². The van der Waals surface area contributed by atoms with E-state index in [0.717, 1.165) is 38.7 Å². The van der Waals surface area contributed by atoms with Gasteiger partial charge in [-0.1, -0.05) is 97.1 Å². The molecular weight excluding hydrogens is 404 g/mol. The Morgan fingerprint density at radius 2 is 1.39 bits per heavy atom. The van der Waals surface area contributed by atoms with Crippen LogP contribution in [0.25, 0.3) is 22.4 Å². The topological polar surface area (TPSA) is 42.0 Å². The summed E-state index contributed by atoms with van der Waals surface area (Å²) in [5.74, 6) is -0.230. The van der Waals surface area contributed by atoms with Gasteiger partial charge in [-0.25, -0.2) is 0 Å². The van der Waals surface area contributed by atoms with Crippen molar-refractivity contribution in [2.75, 3.05) is 5.32 Å². The van der Waals surface area contributed by atoms with E-state index in [2.05, 4.69) is 64.9 Å². The molecule has 0 spiro atoms. The normalized spacial score (nSPS) is 11.3. The van der Waals surface area contributed by atoms with Gasteiger partial charge in [-0.2, -0.15) is 0 Å². The summed E-state index contributed by atoms with van der Waals surface area (Å²) < 4.78 is 0. The van der Waals surface area contributed by atoms with Crippen LogP contribution in [0.5, 0.6) is 0 Å². The van der Waals surface area contributed by atoms with E-state index in [1.54, 1.807) is 18.3 Å². The number of pyridine rings is 1. The molecule has 0 saturated carbocycles. The van der Waals surface area contributed by atoms with Gasteiger partial charge in [-0.05, 0) is 51.9 Å². The summed E-state index contributed by atoms with van der Waals surface area (Å²) in [4.78, 5) is 17.1. The van der Waals surface area contributed by atoms with Crippen LogP contribution in [0.2, 0.25) is 0 Å². The second-order valence-electron chi connectivity index (χ2n) is 7.71. The van der Waals surface area contributed by atoms with Crippen LogP contribution in [0.4, 0.5) is 5.69 Å². The predicted molar refractivity (Wildman–Crippen MR) is 136 cm³/mol. The molecule has 0 radical (unpaired) electrons. The molecule has 0 atom stereocenters. The van der Waals surface area contributed by atoms with E-state index in [1.165, 1.54) is 0 Å². The molecule has 0 unspecified atom stereocenters. The molecular formula is C30H22N2O. The number of aromatic nitrogens is 1. The number of hydrogen-bond acceptors (Lipinski definition) is 2. The van der Waals surface area contributed by atoms with Gasteiger partial charge in [-0.15, -0.1) is 0 Å². The average Bonchev–Trinajstić information content (AvgIpc) is 2.89. The molecule has 1 heterocycles. The number of amides is 1. The smallest absolute Gasteiger partial charge is 0.274 e. The van der Waals surface area contributed by atoms with Gasteiger partial charge in [0.1, 0.15) is 5.69 Å². The monoisotopic (exact) mass is 426 g/mol. The summed E-state index contributed by atoms with van der Waals surface area (Å²) >= 11 is 0. The highest BCUT2D eigenvalue weighted by atomic mass is 16.1. The first-order chi connectivity index (χ1) is 16.3. The highest BCUT2D eigenvalue weighted by molar-refractivity contribution is 6.13. The lowest BCUT2D eigenvalue weighted by molar-refractivity contribution is 0.102. The van der Waals surface area contributed by atoms with E-state index in [1.807, 2.05) is 54.6 Å². The number of benzene rings is 4. The van der Waals surface area contributed by atoms with Crippen molar-refractivity contribution in [3.8, 4) is 0 Å². The molecule has 0 aliphatic carbocycles. The number of carbonyl (C=O) groups excluding carboxylic acids is 1. The summed E-state index contributed by atoms with van der Waals surface area (Å²) in [6.45, 7) is 0. The molecule has 1 N–H and O–H groups in total.